The zero-order chi connectivity index (χ0) is 49.3. The predicted octanol–water partition coefficient (Wildman–Crippen LogP) is 19.8. The Kier molecular flexibility index (Phi) is 54.8. The van der Waals surface area contributed by atoms with Crippen molar-refractivity contribution in [3.05, 3.63) is 48.6 Å². The second-order valence-electron chi connectivity index (χ2n) is 19.9. The minimum atomic E-state index is -0.775. The predicted molar refractivity (Wildman–Crippen MR) is 293 cm³/mol. The Morgan fingerprint density at radius 3 is 0.838 bits per heavy atom. The molecule has 0 bridgehead atoms. The Morgan fingerprint density at radius 2 is 0.529 bits per heavy atom. The molecule has 0 unspecified atom stereocenters. The lowest BCUT2D eigenvalue weighted by Gasteiger charge is -2.18. The first-order valence-electron chi connectivity index (χ1n) is 29.6. The molecule has 0 saturated carbocycles. The van der Waals surface area contributed by atoms with E-state index in [1.165, 1.54) is 199 Å². The van der Waals surface area contributed by atoms with E-state index < -0.39 is 6.10 Å². The molecule has 0 saturated heterocycles. The van der Waals surface area contributed by atoms with E-state index in [1.54, 1.807) is 0 Å². The molecule has 0 aromatic heterocycles. The molecule has 0 aliphatic carbocycles. The van der Waals surface area contributed by atoms with E-state index in [9.17, 15) is 14.4 Å². The number of hydrogen-bond acceptors (Lipinski definition) is 6. The molecule has 6 nitrogen and oxygen atoms in total. The standard InChI is InChI=1S/C62H112O6/c1-4-7-10-13-16-19-22-25-27-29-31-33-35-37-40-43-46-49-52-55-61(64)67-58-59(57-66-60(63)54-51-48-45-42-39-24-21-18-15-12-9-6-3)68-62(65)56-53-50-47-44-41-38-36-34-32-30-28-26-23-20-17-14-11-8-5-2/h16-17,19-20,25-28,59H,4-15,18,21-24,29-58H2,1-3H3/b19-16-,20-17-,27-25-,28-26-/t59-/m0/s1. The summed E-state index contributed by atoms with van der Waals surface area (Å²) in [6.45, 7) is 6.62. The number of carbonyl (C=O) groups excluding carboxylic acids is 3. The number of allylic oxidation sites excluding steroid dienone is 8. The van der Waals surface area contributed by atoms with E-state index in [2.05, 4.69) is 69.4 Å². The smallest absolute Gasteiger partial charge is 0.306 e. The van der Waals surface area contributed by atoms with E-state index >= 15 is 0 Å². The van der Waals surface area contributed by atoms with Crippen LogP contribution >= 0.6 is 0 Å². The fourth-order valence-corrected chi connectivity index (χ4v) is 8.56. The highest BCUT2D eigenvalue weighted by Crippen LogP contribution is 2.16. The second-order valence-corrected chi connectivity index (χ2v) is 19.9. The molecular formula is C62H112O6. The molecule has 0 aliphatic rings. The van der Waals surface area contributed by atoms with Gasteiger partial charge in [0, 0.05) is 19.3 Å². The monoisotopic (exact) mass is 953 g/mol. The Balaban J connectivity index is 4.33. The van der Waals surface area contributed by atoms with Crippen molar-refractivity contribution in [2.24, 2.45) is 0 Å². The van der Waals surface area contributed by atoms with E-state index in [-0.39, 0.29) is 31.1 Å². The van der Waals surface area contributed by atoms with Crippen LogP contribution in [0.15, 0.2) is 48.6 Å². The van der Waals surface area contributed by atoms with Crippen molar-refractivity contribution in [2.75, 3.05) is 13.2 Å². The number of esters is 3. The van der Waals surface area contributed by atoms with E-state index in [4.69, 9.17) is 14.2 Å². The zero-order valence-corrected chi connectivity index (χ0v) is 45.4. The third-order valence-electron chi connectivity index (χ3n) is 13.1. The lowest BCUT2D eigenvalue weighted by atomic mass is 10.0. The van der Waals surface area contributed by atoms with Gasteiger partial charge < -0.3 is 14.2 Å². The summed E-state index contributed by atoms with van der Waals surface area (Å²) < 4.78 is 16.9. The summed E-state index contributed by atoms with van der Waals surface area (Å²) in [4.78, 5) is 38.2. The highest BCUT2D eigenvalue weighted by molar-refractivity contribution is 5.71. The van der Waals surface area contributed by atoms with E-state index in [0.29, 0.717) is 19.3 Å². The van der Waals surface area contributed by atoms with Crippen LogP contribution in [0.25, 0.3) is 0 Å². The Labute approximate surface area is 422 Å². The summed E-state index contributed by atoms with van der Waals surface area (Å²) in [7, 11) is 0. The van der Waals surface area contributed by atoms with Crippen LogP contribution in [-0.4, -0.2) is 37.2 Å². The molecule has 6 heteroatoms. The van der Waals surface area contributed by atoms with Crippen LogP contribution in [0.3, 0.4) is 0 Å². The molecule has 0 aliphatic heterocycles. The molecular weight excluding hydrogens is 841 g/mol. The van der Waals surface area contributed by atoms with Gasteiger partial charge in [-0.25, -0.2) is 0 Å². The normalized spacial score (nSPS) is 12.3. The molecule has 1 atom stereocenters. The van der Waals surface area contributed by atoms with Crippen LogP contribution in [0.4, 0.5) is 0 Å². The van der Waals surface area contributed by atoms with Gasteiger partial charge in [-0.05, 0) is 83.5 Å². The fourth-order valence-electron chi connectivity index (χ4n) is 8.56. The second kappa shape index (κ2) is 57.0. The Bertz CT molecular complexity index is 1190. The molecule has 68 heavy (non-hydrogen) atoms. The number of rotatable bonds is 54. The summed E-state index contributed by atoms with van der Waals surface area (Å²) in [6, 6.07) is 0. The van der Waals surface area contributed by atoms with Crippen LogP contribution in [0, 0.1) is 0 Å². The van der Waals surface area contributed by atoms with Crippen LogP contribution in [0.2, 0.25) is 0 Å². The summed E-state index contributed by atoms with van der Waals surface area (Å²) in [6.07, 6.45) is 69.5. The number of ether oxygens (including phenoxy) is 3. The van der Waals surface area contributed by atoms with Gasteiger partial charge in [0.25, 0.3) is 0 Å². The maximum absolute atomic E-state index is 12.9. The molecule has 0 amide bonds. The first-order chi connectivity index (χ1) is 33.5. The van der Waals surface area contributed by atoms with Gasteiger partial charge in [-0.15, -0.1) is 0 Å². The topological polar surface area (TPSA) is 78.9 Å². The molecule has 0 aromatic rings. The van der Waals surface area contributed by atoms with Gasteiger partial charge in [0.15, 0.2) is 6.10 Å². The van der Waals surface area contributed by atoms with E-state index in [0.717, 1.165) is 70.6 Å². The van der Waals surface area contributed by atoms with E-state index in [1.807, 2.05) is 0 Å². The number of carbonyl (C=O) groups is 3. The van der Waals surface area contributed by atoms with Crippen LogP contribution in [0.1, 0.15) is 310 Å². The van der Waals surface area contributed by atoms with Crippen molar-refractivity contribution in [2.45, 2.75) is 316 Å². The van der Waals surface area contributed by atoms with Crippen molar-refractivity contribution in [1.82, 2.24) is 0 Å². The molecule has 0 spiro atoms. The molecule has 0 aromatic carbocycles. The van der Waals surface area contributed by atoms with Crippen molar-refractivity contribution in [3.63, 3.8) is 0 Å². The van der Waals surface area contributed by atoms with Crippen LogP contribution < -0.4 is 0 Å². The molecule has 0 heterocycles. The number of hydrogen-bond donors (Lipinski definition) is 0. The van der Waals surface area contributed by atoms with Gasteiger partial charge >= 0.3 is 17.9 Å². The summed E-state index contributed by atoms with van der Waals surface area (Å²) in [5.74, 6) is -0.866. The molecule has 396 valence electrons. The van der Waals surface area contributed by atoms with Crippen LogP contribution in [-0.2, 0) is 28.6 Å². The van der Waals surface area contributed by atoms with Gasteiger partial charge in [-0.2, -0.15) is 0 Å². The molecule has 0 rings (SSSR count). The molecule has 0 fully saturated rings. The lowest BCUT2D eigenvalue weighted by molar-refractivity contribution is -0.167. The SMILES string of the molecule is CCCCC/C=C\C/C=C\CCCCCCCCCCCC(=O)OC[C@H](COC(=O)CCCCCCCCCCCCCC)OC(=O)CCCCCCCCCCC/C=C\C/C=C\CCCCC. The average Bonchev–Trinajstić information content (AvgIpc) is 3.34. The number of unbranched alkanes of at least 4 members (excludes halogenated alkanes) is 35. The lowest BCUT2D eigenvalue weighted by Crippen LogP contribution is -2.30. The molecule has 0 radical (unpaired) electrons. The average molecular weight is 954 g/mol. The first-order valence-corrected chi connectivity index (χ1v) is 29.6. The zero-order valence-electron chi connectivity index (χ0n) is 45.4. The first kappa shape index (κ1) is 65.4. The molecule has 0 N–H and O–H groups in total. The largest absolute Gasteiger partial charge is 0.462 e. The Morgan fingerprint density at radius 1 is 0.294 bits per heavy atom. The maximum atomic E-state index is 12.9. The summed E-state index contributed by atoms with van der Waals surface area (Å²) in [5.41, 5.74) is 0. The quantitative estimate of drug-likeness (QED) is 0.0262. The highest BCUT2D eigenvalue weighted by Gasteiger charge is 2.19. The Hall–Kier alpha value is -2.63. The third kappa shape index (κ3) is 54.3. The summed E-state index contributed by atoms with van der Waals surface area (Å²) in [5, 5.41) is 0. The minimum Gasteiger partial charge on any atom is -0.462 e. The van der Waals surface area contributed by atoms with Crippen LogP contribution in [0.5, 0.6) is 0 Å². The van der Waals surface area contributed by atoms with Gasteiger partial charge in [0.2, 0.25) is 0 Å². The fraction of sp³-hybridized carbons (Fsp3) is 0.823. The van der Waals surface area contributed by atoms with Crippen molar-refractivity contribution >= 4 is 17.9 Å². The van der Waals surface area contributed by atoms with Crippen molar-refractivity contribution < 1.29 is 28.6 Å². The summed E-state index contributed by atoms with van der Waals surface area (Å²) >= 11 is 0. The van der Waals surface area contributed by atoms with Gasteiger partial charge in [0.1, 0.15) is 13.2 Å². The third-order valence-corrected chi connectivity index (χ3v) is 13.1. The minimum absolute atomic E-state index is 0.0729. The van der Waals surface area contributed by atoms with Crippen molar-refractivity contribution in [1.29, 1.82) is 0 Å². The van der Waals surface area contributed by atoms with Gasteiger partial charge in [0.05, 0.1) is 0 Å². The highest BCUT2D eigenvalue weighted by atomic mass is 16.6. The maximum Gasteiger partial charge on any atom is 0.306 e. The van der Waals surface area contributed by atoms with Gasteiger partial charge in [-0.1, -0.05) is 256 Å². The van der Waals surface area contributed by atoms with Gasteiger partial charge in [-0.3, -0.25) is 14.4 Å². The van der Waals surface area contributed by atoms with Crippen molar-refractivity contribution in [3.8, 4) is 0 Å².